The third-order valence-corrected chi connectivity index (χ3v) is 6.79. The van der Waals surface area contributed by atoms with Gasteiger partial charge >= 0.3 is 6.11 Å². The van der Waals surface area contributed by atoms with Gasteiger partial charge in [0.25, 0.3) is 0 Å². The average molecular weight is 538 g/mol. The van der Waals surface area contributed by atoms with Crippen molar-refractivity contribution in [3.8, 4) is 0 Å². The smallest absolute Gasteiger partial charge is 0.353 e. The van der Waals surface area contributed by atoms with Crippen LogP contribution in [0.5, 0.6) is 0 Å². The van der Waals surface area contributed by atoms with Crippen molar-refractivity contribution in [1.82, 2.24) is 14.7 Å². The summed E-state index contributed by atoms with van der Waals surface area (Å²) >= 11 is 0. The maximum Gasteiger partial charge on any atom is 0.353 e. The van der Waals surface area contributed by atoms with Crippen molar-refractivity contribution in [2.24, 2.45) is 5.41 Å². The number of ether oxygens (including phenoxy) is 2. The molecule has 0 unspecified atom stereocenters. The van der Waals surface area contributed by atoms with Gasteiger partial charge in [-0.25, -0.2) is 0 Å². The molecule has 2 saturated heterocycles. The minimum absolute atomic E-state index is 0.0518. The first-order chi connectivity index (χ1) is 17.8. The maximum atomic E-state index is 12.3. The lowest BCUT2D eigenvalue weighted by Gasteiger charge is -2.38. The minimum Gasteiger partial charge on any atom is -0.379 e. The lowest BCUT2D eigenvalue weighted by molar-refractivity contribution is -0.231. The fourth-order valence-corrected chi connectivity index (χ4v) is 3.82. The lowest BCUT2D eigenvalue weighted by atomic mass is 9.87. The zero-order valence-electron chi connectivity index (χ0n) is 25.3. The molecule has 0 aromatic heterocycles. The van der Waals surface area contributed by atoms with Crippen molar-refractivity contribution < 1.29 is 18.3 Å². The first-order valence-electron chi connectivity index (χ1n) is 14.1. The summed E-state index contributed by atoms with van der Waals surface area (Å²) in [6.07, 6.45) is -0.783. The van der Waals surface area contributed by atoms with Gasteiger partial charge in [0.1, 0.15) is 0 Å². The molecule has 2 aliphatic rings. The van der Waals surface area contributed by atoms with Gasteiger partial charge in [-0.05, 0) is 30.9 Å². The van der Waals surface area contributed by atoms with Crippen molar-refractivity contribution in [2.45, 2.75) is 68.1 Å². The molecule has 0 N–H and O–H groups in total. The van der Waals surface area contributed by atoms with E-state index < -0.39 is 6.11 Å². The van der Waals surface area contributed by atoms with E-state index in [9.17, 15) is 8.78 Å². The van der Waals surface area contributed by atoms with Crippen molar-refractivity contribution in [1.29, 1.82) is 0 Å². The predicted molar refractivity (Wildman–Crippen MR) is 156 cm³/mol. The third kappa shape index (κ3) is 14.4. The van der Waals surface area contributed by atoms with Gasteiger partial charge in [0.2, 0.25) is 0 Å². The second-order valence-corrected chi connectivity index (χ2v) is 10.9. The molecule has 1 aromatic rings. The van der Waals surface area contributed by atoms with Crippen LogP contribution in [-0.2, 0) is 16.1 Å². The molecule has 2 aliphatic heterocycles. The van der Waals surface area contributed by atoms with Crippen LogP contribution in [0.15, 0.2) is 48.2 Å². The molecule has 0 aliphatic carbocycles. The van der Waals surface area contributed by atoms with Gasteiger partial charge in [0, 0.05) is 65.0 Å². The van der Waals surface area contributed by atoms with Crippen LogP contribution in [0, 0.1) is 12.3 Å². The number of benzene rings is 1. The molecule has 1 aromatic carbocycles. The Labute approximate surface area is 231 Å². The van der Waals surface area contributed by atoms with Crippen LogP contribution in [0.25, 0.3) is 0 Å². The van der Waals surface area contributed by atoms with Crippen LogP contribution >= 0.6 is 0 Å². The molecule has 0 atom stereocenters. The summed E-state index contributed by atoms with van der Waals surface area (Å²) in [5, 5.41) is 0. The summed E-state index contributed by atoms with van der Waals surface area (Å²) in [6, 6.07) is 7.29. The molecule has 0 spiro atoms. The van der Waals surface area contributed by atoms with E-state index in [0.29, 0.717) is 0 Å². The molecule has 2 heterocycles. The molecule has 7 heteroatoms. The van der Waals surface area contributed by atoms with Crippen LogP contribution in [0.2, 0.25) is 0 Å². The fourth-order valence-electron chi connectivity index (χ4n) is 3.82. The molecule has 218 valence electrons. The lowest BCUT2D eigenvalue weighted by Crippen LogP contribution is -2.48. The zero-order valence-corrected chi connectivity index (χ0v) is 25.3. The molecular weight excluding hydrogens is 484 g/mol. The number of alkyl halides is 2. The number of morpholine rings is 1. The highest BCUT2D eigenvalue weighted by Gasteiger charge is 2.21. The molecule has 38 heavy (non-hydrogen) atoms. The van der Waals surface area contributed by atoms with E-state index in [4.69, 9.17) is 4.74 Å². The van der Waals surface area contributed by atoms with E-state index in [1.54, 1.807) is 12.1 Å². The Balaban J connectivity index is 0.000000408. The average Bonchev–Trinajstić information content (AvgIpc) is 2.88. The quantitative estimate of drug-likeness (QED) is 0.349. The Morgan fingerprint density at radius 2 is 1.42 bits per heavy atom. The third-order valence-electron chi connectivity index (χ3n) is 6.79. The molecule has 0 amide bonds. The molecular formula is C31H53F2N3O2. The second-order valence-electron chi connectivity index (χ2n) is 10.9. The van der Waals surface area contributed by atoms with Gasteiger partial charge in [-0.1, -0.05) is 76.6 Å². The zero-order chi connectivity index (χ0) is 28.8. The van der Waals surface area contributed by atoms with Crippen molar-refractivity contribution in [3.05, 3.63) is 59.3 Å². The second kappa shape index (κ2) is 17.0. The van der Waals surface area contributed by atoms with Gasteiger partial charge in [-0.2, -0.15) is 8.78 Å². The Bertz CT molecular complexity index is 815. The van der Waals surface area contributed by atoms with Gasteiger partial charge in [0.15, 0.2) is 0 Å². The van der Waals surface area contributed by atoms with E-state index in [1.807, 2.05) is 32.9 Å². The SMILES string of the molecule is C=C(/C=C(\C)C(C)(C)C)N1CCN(CCN2CCOCC2)CC1.CC.Cc1ccc(COC(C)(F)F)cc1. The molecule has 0 bridgehead atoms. The highest BCUT2D eigenvalue weighted by Crippen LogP contribution is 2.26. The van der Waals surface area contributed by atoms with Crippen molar-refractivity contribution in [2.75, 3.05) is 65.6 Å². The molecule has 0 radical (unpaired) electrons. The molecule has 0 saturated carbocycles. The van der Waals surface area contributed by atoms with Gasteiger partial charge in [0.05, 0.1) is 19.8 Å². The number of allylic oxidation sites excluding steroid dienone is 2. The molecule has 5 nitrogen and oxygen atoms in total. The summed E-state index contributed by atoms with van der Waals surface area (Å²) < 4.78 is 34.3. The normalized spacial score (nSPS) is 17.7. The monoisotopic (exact) mass is 537 g/mol. The number of piperazine rings is 1. The van der Waals surface area contributed by atoms with E-state index in [2.05, 4.69) is 59.8 Å². The Morgan fingerprint density at radius 1 is 0.921 bits per heavy atom. The van der Waals surface area contributed by atoms with Crippen molar-refractivity contribution >= 4 is 0 Å². The Hall–Kier alpha value is -1.80. The summed E-state index contributed by atoms with van der Waals surface area (Å²) in [6.45, 7) is 30.7. The predicted octanol–water partition coefficient (Wildman–Crippen LogP) is 6.59. The Morgan fingerprint density at radius 3 is 1.89 bits per heavy atom. The van der Waals surface area contributed by atoms with Crippen LogP contribution < -0.4 is 0 Å². The topological polar surface area (TPSA) is 28.2 Å². The minimum atomic E-state index is -3.05. The summed E-state index contributed by atoms with van der Waals surface area (Å²) in [4.78, 5) is 7.53. The highest BCUT2D eigenvalue weighted by molar-refractivity contribution is 5.23. The first-order valence-corrected chi connectivity index (χ1v) is 14.1. The number of hydrogen-bond acceptors (Lipinski definition) is 5. The summed E-state index contributed by atoms with van der Waals surface area (Å²) in [5.41, 5.74) is 4.66. The summed E-state index contributed by atoms with van der Waals surface area (Å²) in [7, 11) is 0. The largest absolute Gasteiger partial charge is 0.379 e. The van der Waals surface area contributed by atoms with Gasteiger partial charge < -0.3 is 14.4 Å². The van der Waals surface area contributed by atoms with Gasteiger partial charge in [-0.15, -0.1) is 0 Å². The van der Waals surface area contributed by atoms with Crippen LogP contribution in [0.3, 0.4) is 0 Å². The van der Waals surface area contributed by atoms with E-state index in [0.717, 1.165) is 70.5 Å². The van der Waals surface area contributed by atoms with E-state index in [1.165, 1.54) is 24.4 Å². The van der Waals surface area contributed by atoms with Crippen LogP contribution in [-0.4, -0.2) is 86.4 Å². The van der Waals surface area contributed by atoms with Crippen LogP contribution in [0.1, 0.15) is 59.6 Å². The van der Waals surface area contributed by atoms with E-state index in [-0.39, 0.29) is 12.0 Å². The molecule has 2 fully saturated rings. The molecule has 3 rings (SSSR count). The number of hydrogen-bond donors (Lipinski definition) is 0. The first kappa shape index (κ1) is 34.2. The Kier molecular flexibility index (Phi) is 15.3. The number of nitrogens with zero attached hydrogens (tertiary/aromatic N) is 3. The highest BCUT2D eigenvalue weighted by atomic mass is 19.3. The number of halogens is 2. The summed E-state index contributed by atoms with van der Waals surface area (Å²) in [5.74, 6) is 0. The number of aryl methyl sites for hydroxylation is 1. The fraction of sp³-hybridized carbons (Fsp3) is 0.677. The maximum absolute atomic E-state index is 12.3. The van der Waals surface area contributed by atoms with E-state index >= 15 is 0 Å². The number of rotatable bonds is 8. The standard InChI is InChI=1S/C19H35N3O.C10H12F2O.C2H6/c1-17(19(3,4)5)16-18(2)22-10-8-20(9-11-22)6-7-21-12-14-23-15-13-21;1-8-3-5-9(6-4-8)7-13-10(2,11)12;1-2/h16H,2,6-15H2,1,3-5H3;3-6H,7H2,1-2H3;1-2H3/b17-16+;;. The van der Waals surface area contributed by atoms with Crippen molar-refractivity contribution in [3.63, 3.8) is 0 Å². The van der Waals surface area contributed by atoms with Crippen LogP contribution in [0.4, 0.5) is 8.78 Å². The van der Waals surface area contributed by atoms with Gasteiger partial charge in [-0.3, -0.25) is 9.80 Å².